The Kier molecular flexibility index (Phi) is 7.99. The Morgan fingerprint density at radius 2 is 1.57 bits per heavy atom. The van der Waals surface area contributed by atoms with Gasteiger partial charge in [-0.1, -0.05) is 54.6 Å². The van der Waals surface area contributed by atoms with E-state index in [2.05, 4.69) is 10.1 Å². The van der Waals surface area contributed by atoms with Crippen molar-refractivity contribution in [1.82, 2.24) is 5.32 Å². The number of phenolic OH excluding ortho intramolecular Hbond substituents is 1. The number of methoxy groups -OCH3 is 2. The summed E-state index contributed by atoms with van der Waals surface area (Å²) in [5.74, 6) is 0.0391. The van der Waals surface area contributed by atoms with Gasteiger partial charge < -0.3 is 19.9 Å². The normalized spacial score (nSPS) is 11.4. The van der Waals surface area contributed by atoms with Crippen molar-refractivity contribution >= 4 is 16.7 Å². The van der Waals surface area contributed by atoms with Gasteiger partial charge in [0.2, 0.25) is 0 Å². The molecular formula is C23H27NO4. The summed E-state index contributed by atoms with van der Waals surface area (Å²) in [6, 6.07) is 19.5. The monoisotopic (exact) mass is 381 g/mol. The van der Waals surface area contributed by atoms with Crippen LogP contribution in [0.25, 0.3) is 21.9 Å². The molecule has 0 aliphatic carbocycles. The Morgan fingerprint density at radius 1 is 0.964 bits per heavy atom. The van der Waals surface area contributed by atoms with Crippen LogP contribution in [0.2, 0.25) is 0 Å². The molecule has 0 saturated heterocycles. The minimum absolute atomic E-state index is 0.0851. The number of rotatable bonds is 5. The molecule has 0 fully saturated rings. The molecule has 0 aromatic heterocycles. The quantitative estimate of drug-likeness (QED) is 0.645. The molecule has 0 aliphatic rings. The topological polar surface area (TPSA) is 67.8 Å². The number of carbonyl (C=O) groups excluding carboxylic acids is 1. The van der Waals surface area contributed by atoms with Gasteiger partial charge in [-0.15, -0.1) is 0 Å². The third-order valence-corrected chi connectivity index (χ3v) is 4.47. The lowest BCUT2D eigenvalue weighted by Gasteiger charge is -2.16. The molecule has 1 atom stereocenters. The number of benzene rings is 3. The van der Waals surface area contributed by atoms with E-state index in [0.29, 0.717) is 0 Å². The Balaban J connectivity index is 0.000000878. The molecule has 0 amide bonds. The fourth-order valence-electron chi connectivity index (χ4n) is 3.07. The first-order valence-corrected chi connectivity index (χ1v) is 9.01. The second kappa shape index (κ2) is 10.4. The number of aromatic hydroxyl groups is 1. The number of nitrogens with one attached hydrogen (secondary N) is 1. The van der Waals surface area contributed by atoms with Crippen LogP contribution in [0.1, 0.15) is 18.0 Å². The first kappa shape index (κ1) is 21.4. The first-order chi connectivity index (χ1) is 13.5. The van der Waals surface area contributed by atoms with Crippen LogP contribution in [0, 0.1) is 0 Å². The maximum absolute atomic E-state index is 11.5. The highest BCUT2D eigenvalue weighted by molar-refractivity contribution is 5.99. The zero-order chi connectivity index (χ0) is 20.5. The number of ether oxygens (including phenoxy) is 2. The molecule has 0 saturated carbocycles. The molecule has 148 valence electrons. The molecule has 0 bridgehead atoms. The van der Waals surface area contributed by atoms with E-state index in [9.17, 15) is 9.90 Å². The average Bonchev–Trinajstić information content (AvgIpc) is 2.73. The van der Waals surface area contributed by atoms with Crippen LogP contribution >= 0.6 is 0 Å². The van der Waals surface area contributed by atoms with Gasteiger partial charge in [0.25, 0.3) is 0 Å². The van der Waals surface area contributed by atoms with Gasteiger partial charge in [0.1, 0.15) is 5.75 Å². The number of carbonyl (C=O) groups is 1. The summed E-state index contributed by atoms with van der Waals surface area (Å²) in [6.45, 7) is 0. The van der Waals surface area contributed by atoms with E-state index in [1.54, 1.807) is 20.3 Å². The zero-order valence-corrected chi connectivity index (χ0v) is 16.7. The summed E-state index contributed by atoms with van der Waals surface area (Å²) in [5.41, 5.74) is 3.15. The highest BCUT2D eigenvalue weighted by Crippen LogP contribution is 2.34. The maximum Gasteiger partial charge on any atom is 0.307 e. The Morgan fingerprint density at radius 3 is 2.14 bits per heavy atom. The summed E-state index contributed by atoms with van der Waals surface area (Å²) >= 11 is 0. The average molecular weight is 381 g/mol. The third-order valence-electron chi connectivity index (χ3n) is 4.47. The zero-order valence-electron chi connectivity index (χ0n) is 16.7. The minimum atomic E-state index is -0.243. The lowest BCUT2D eigenvalue weighted by atomic mass is 9.95. The summed E-state index contributed by atoms with van der Waals surface area (Å²) in [7, 11) is 6.48. The summed E-state index contributed by atoms with van der Waals surface area (Å²) in [5, 5.41) is 15.0. The fraction of sp³-hybridized carbons (Fsp3) is 0.261. The molecule has 2 N–H and O–H groups in total. The lowest BCUT2D eigenvalue weighted by Crippen LogP contribution is -2.20. The lowest BCUT2D eigenvalue weighted by molar-refractivity contribution is -0.141. The Labute approximate surface area is 165 Å². The van der Waals surface area contributed by atoms with Gasteiger partial charge in [-0.25, -0.2) is 0 Å². The van der Waals surface area contributed by atoms with Gasteiger partial charge in [0.05, 0.1) is 13.5 Å². The van der Waals surface area contributed by atoms with Crippen molar-refractivity contribution in [2.75, 3.05) is 28.4 Å². The molecule has 0 heterocycles. The van der Waals surface area contributed by atoms with Gasteiger partial charge >= 0.3 is 5.97 Å². The first-order valence-electron chi connectivity index (χ1n) is 9.01. The summed E-state index contributed by atoms with van der Waals surface area (Å²) in [6.07, 6.45) is 0.286. The molecule has 28 heavy (non-hydrogen) atoms. The van der Waals surface area contributed by atoms with Crippen LogP contribution < -0.4 is 5.32 Å². The molecule has 0 spiro atoms. The molecule has 3 aromatic rings. The maximum atomic E-state index is 11.5. The second-order valence-electron chi connectivity index (χ2n) is 6.33. The van der Waals surface area contributed by atoms with Crippen molar-refractivity contribution in [2.45, 2.75) is 12.5 Å². The van der Waals surface area contributed by atoms with Crippen LogP contribution in [-0.4, -0.2) is 39.5 Å². The molecule has 0 radical (unpaired) electrons. The summed E-state index contributed by atoms with van der Waals surface area (Å²) < 4.78 is 9.00. The number of phenols is 1. The SMILES string of the molecule is CNC(CC(=O)OC)c1ccc(-c2ccc(O)c3ccccc23)cc1.COC. The van der Waals surface area contributed by atoms with Crippen LogP contribution in [0.3, 0.4) is 0 Å². The van der Waals surface area contributed by atoms with Crippen molar-refractivity contribution < 1.29 is 19.4 Å². The van der Waals surface area contributed by atoms with E-state index in [-0.39, 0.29) is 24.2 Å². The highest BCUT2D eigenvalue weighted by Gasteiger charge is 2.15. The summed E-state index contributed by atoms with van der Waals surface area (Å²) in [4.78, 5) is 11.5. The van der Waals surface area contributed by atoms with Crippen molar-refractivity contribution in [1.29, 1.82) is 0 Å². The largest absolute Gasteiger partial charge is 0.507 e. The molecule has 5 heteroatoms. The molecule has 3 aromatic carbocycles. The van der Waals surface area contributed by atoms with Gasteiger partial charge in [0.15, 0.2) is 0 Å². The van der Waals surface area contributed by atoms with Crippen LogP contribution in [-0.2, 0) is 14.3 Å². The predicted molar refractivity (Wildman–Crippen MR) is 112 cm³/mol. The number of esters is 1. The van der Waals surface area contributed by atoms with Gasteiger partial charge in [-0.05, 0) is 35.2 Å². The van der Waals surface area contributed by atoms with Gasteiger partial charge in [0, 0.05) is 25.6 Å². The number of hydrogen-bond acceptors (Lipinski definition) is 5. The van der Waals surface area contributed by atoms with E-state index in [0.717, 1.165) is 27.5 Å². The highest BCUT2D eigenvalue weighted by atomic mass is 16.5. The van der Waals surface area contributed by atoms with E-state index in [4.69, 9.17) is 4.74 Å². The Hall–Kier alpha value is -2.89. The van der Waals surface area contributed by atoms with Gasteiger partial charge in [-0.2, -0.15) is 0 Å². The van der Waals surface area contributed by atoms with Crippen molar-refractivity contribution in [2.24, 2.45) is 0 Å². The van der Waals surface area contributed by atoms with Crippen LogP contribution in [0.5, 0.6) is 5.75 Å². The van der Waals surface area contributed by atoms with Crippen molar-refractivity contribution in [3.63, 3.8) is 0 Å². The van der Waals surface area contributed by atoms with E-state index in [1.165, 1.54) is 7.11 Å². The fourth-order valence-corrected chi connectivity index (χ4v) is 3.07. The molecule has 1 unspecified atom stereocenters. The second-order valence-corrected chi connectivity index (χ2v) is 6.33. The number of hydrogen-bond donors (Lipinski definition) is 2. The predicted octanol–water partition coefficient (Wildman–Crippen LogP) is 4.30. The van der Waals surface area contributed by atoms with E-state index >= 15 is 0 Å². The third kappa shape index (κ3) is 5.09. The van der Waals surface area contributed by atoms with Crippen molar-refractivity contribution in [3.8, 4) is 16.9 Å². The van der Waals surface area contributed by atoms with Crippen LogP contribution in [0.4, 0.5) is 0 Å². The molecule has 0 aliphatic heterocycles. The van der Waals surface area contributed by atoms with E-state index in [1.807, 2.05) is 61.6 Å². The van der Waals surface area contributed by atoms with Gasteiger partial charge in [-0.3, -0.25) is 4.79 Å². The smallest absolute Gasteiger partial charge is 0.307 e. The standard InChI is InChI=1S/C21H21NO3.C2H6O/c1-22-19(13-21(24)25-2)15-9-7-14(8-10-15)16-11-12-20(23)18-6-4-3-5-17(16)18;1-3-2/h3-12,19,22-23H,13H2,1-2H3;1-2H3. The molecular weight excluding hydrogens is 354 g/mol. The Bertz CT molecular complexity index is 906. The number of fused-ring (bicyclic) bond motifs is 1. The van der Waals surface area contributed by atoms with E-state index < -0.39 is 0 Å². The molecule has 3 rings (SSSR count). The van der Waals surface area contributed by atoms with Crippen molar-refractivity contribution in [3.05, 3.63) is 66.2 Å². The molecule has 5 nitrogen and oxygen atoms in total. The van der Waals surface area contributed by atoms with Crippen LogP contribution in [0.15, 0.2) is 60.7 Å². The minimum Gasteiger partial charge on any atom is -0.507 e.